The van der Waals surface area contributed by atoms with Crippen LogP contribution in [-0.4, -0.2) is 59.9 Å². The van der Waals surface area contributed by atoms with Crippen molar-refractivity contribution in [3.05, 3.63) is 41.5 Å². The van der Waals surface area contributed by atoms with Crippen molar-refractivity contribution >= 4 is 29.3 Å². The minimum atomic E-state index is -0.638. The van der Waals surface area contributed by atoms with Gasteiger partial charge >= 0.3 is 0 Å². The number of pyridine rings is 1. The summed E-state index contributed by atoms with van der Waals surface area (Å²) in [5, 5.41) is 16.0. The van der Waals surface area contributed by atoms with Crippen molar-refractivity contribution < 1.29 is 23.8 Å². The number of rotatable bonds is 7. The van der Waals surface area contributed by atoms with E-state index < -0.39 is 11.9 Å². The van der Waals surface area contributed by atoms with Gasteiger partial charge < -0.3 is 30.2 Å². The van der Waals surface area contributed by atoms with Crippen molar-refractivity contribution in [1.82, 2.24) is 20.6 Å². The molecule has 1 saturated heterocycles. The van der Waals surface area contributed by atoms with Gasteiger partial charge in [-0.1, -0.05) is 0 Å². The lowest BCUT2D eigenvalue weighted by Gasteiger charge is -2.15. The fourth-order valence-corrected chi connectivity index (χ4v) is 4.27. The number of aromatic nitrogens is 2. The van der Waals surface area contributed by atoms with E-state index in [1.807, 2.05) is 0 Å². The van der Waals surface area contributed by atoms with Crippen molar-refractivity contribution in [1.29, 1.82) is 0 Å². The SMILES string of the molecule is COc1cc(-c2ccnc3c(C(=O)N[C@@H]4CNC[C@@H]4O)c(C)[nH]c23)c(OCC2CC2)cc1F.Cl. The highest BCUT2D eigenvalue weighted by molar-refractivity contribution is 6.10. The van der Waals surface area contributed by atoms with Crippen LogP contribution in [0.3, 0.4) is 0 Å². The number of ether oxygens (including phenoxy) is 2. The van der Waals surface area contributed by atoms with E-state index in [4.69, 9.17) is 9.47 Å². The summed E-state index contributed by atoms with van der Waals surface area (Å²) in [5.74, 6) is 0.231. The Balaban J connectivity index is 0.00000274. The van der Waals surface area contributed by atoms with Gasteiger partial charge in [-0.15, -0.1) is 12.4 Å². The minimum absolute atomic E-state index is 0. The van der Waals surface area contributed by atoms with Gasteiger partial charge in [0.15, 0.2) is 11.6 Å². The highest BCUT2D eigenvalue weighted by Gasteiger charge is 2.29. The van der Waals surface area contributed by atoms with Crippen LogP contribution >= 0.6 is 12.4 Å². The molecule has 3 heterocycles. The summed E-state index contributed by atoms with van der Waals surface area (Å²) in [6, 6.07) is 4.40. The average molecular weight is 491 g/mol. The summed E-state index contributed by atoms with van der Waals surface area (Å²) in [7, 11) is 1.42. The topological polar surface area (TPSA) is 109 Å². The number of aromatic amines is 1. The molecule has 0 bridgehead atoms. The maximum absolute atomic E-state index is 14.5. The number of aryl methyl sites for hydroxylation is 1. The van der Waals surface area contributed by atoms with Gasteiger partial charge in [0.2, 0.25) is 0 Å². The third kappa shape index (κ3) is 4.55. The molecule has 5 rings (SSSR count). The largest absolute Gasteiger partial charge is 0.494 e. The Morgan fingerprint density at radius 2 is 2.06 bits per heavy atom. The standard InChI is InChI=1S/C24H27FN4O4.ClH/c1-12-21(24(31)29-17-9-26-10-18(17)30)23-22(28-12)14(5-6-27-23)15-7-20(32-2)16(25)8-19(15)33-11-13-3-4-13;/h5-8,13,17-18,26,28,30H,3-4,9-11H2,1-2H3,(H,29,31);1H/t17-,18+;/m1./s1. The van der Waals surface area contributed by atoms with E-state index in [2.05, 4.69) is 20.6 Å². The normalized spacial score (nSPS) is 19.6. The van der Waals surface area contributed by atoms with Crippen LogP contribution < -0.4 is 20.1 Å². The van der Waals surface area contributed by atoms with Crippen LogP contribution in [0, 0.1) is 18.7 Å². The van der Waals surface area contributed by atoms with E-state index >= 15 is 0 Å². The molecule has 1 aromatic carbocycles. The van der Waals surface area contributed by atoms with E-state index in [-0.39, 0.29) is 30.1 Å². The van der Waals surface area contributed by atoms with Gasteiger partial charge in [0.05, 0.1) is 36.9 Å². The number of carbonyl (C=O) groups excluding carboxylic acids is 1. The van der Waals surface area contributed by atoms with Crippen LogP contribution in [-0.2, 0) is 0 Å². The van der Waals surface area contributed by atoms with Gasteiger partial charge in [-0.05, 0) is 37.8 Å². The van der Waals surface area contributed by atoms with Crippen LogP contribution in [0.5, 0.6) is 11.5 Å². The minimum Gasteiger partial charge on any atom is -0.494 e. The lowest BCUT2D eigenvalue weighted by molar-refractivity contribution is 0.0889. The van der Waals surface area contributed by atoms with Gasteiger partial charge in [0, 0.05) is 42.2 Å². The highest BCUT2D eigenvalue weighted by Crippen LogP contribution is 2.40. The molecular weight excluding hydrogens is 463 g/mol. The molecule has 1 saturated carbocycles. The van der Waals surface area contributed by atoms with Gasteiger partial charge in [-0.25, -0.2) is 4.39 Å². The zero-order chi connectivity index (χ0) is 23.1. The molecule has 2 aromatic heterocycles. The van der Waals surface area contributed by atoms with E-state index in [0.717, 1.165) is 18.4 Å². The Bertz CT molecular complexity index is 1210. The van der Waals surface area contributed by atoms with E-state index in [1.165, 1.54) is 13.2 Å². The molecule has 0 radical (unpaired) electrons. The molecule has 3 aromatic rings. The number of methoxy groups -OCH3 is 1. The second kappa shape index (κ2) is 9.77. The smallest absolute Gasteiger partial charge is 0.255 e. The molecule has 182 valence electrons. The molecule has 2 fully saturated rings. The lowest BCUT2D eigenvalue weighted by Crippen LogP contribution is -2.42. The molecule has 0 spiro atoms. The second-order valence-corrected chi connectivity index (χ2v) is 8.75. The molecular formula is C24H28ClFN4O4. The second-order valence-electron chi connectivity index (χ2n) is 8.75. The summed E-state index contributed by atoms with van der Waals surface area (Å²) in [6.07, 6.45) is 3.22. The molecule has 4 N–H and O–H groups in total. The van der Waals surface area contributed by atoms with Crippen LogP contribution in [0.4, 0.5) is 4.39 Å². The maximum Gasteiger partial charge on any atom is 0.255 e. The molecule has 0 unspecified atom stereocenters. The summed E-state index contributed by atoms with van der Waals surface area (Å²) in [4.78, 5) is 20.8. The predicted octanol–water partition coefficient (Wildman–Crippen LogP) is 2.96. The van der Waals surface area contributed by atoms with E-state index in [9.17, 15) is 14.3 Å². The zero-order valence-corrected chi connectivity index (χ0v) is 19.8. The molecule has 8 nitrogen and oxygen atoms in total. The monoisotopic (exact) mass is 490 g/mol. The van der Waals surface area contributed by atoms with Gasteiger partial charge in [0.25, 0.3) is 5.91 Å². The molecule has 1 amide bonds. The van der Waals surface area contributed by atoms with E-state index in [1.54, 1.807) is 25.3 Å². The number of benzene rings is 1. The third-order valence-corrected chi connectivity index (χ3v) is 6.32. The molecule has 1 aliphatic carbocycles. The summed E-state index contributed by atoms with van der Waals surface area (Å²) < 4.78 is 25.7. The summed E-state index contributed by atoms with van der Waals surface area (Å²) in [5.41, 5.74) is 3.60. The third-order valence-electron chi connectivity index (χ3n) is 6.32. The Kier molecular flexibility index (Phi) is 6.97. The van der Waals surface area contributed by atoms with E-state index in [0.29, 0.717) is 59.2 Å². The zero-order valence-electron chi connectivity index (χ0n) is 19.0. The number of H-pyrrole nitrogens is 1. The number of hydrogen-bond acceptors (Lipinski definition) is 6. The number of fused-ring (bicyclic) bond motifs is 1. The summed E-state index contributed by atoms with van der Waals surface area (Å²) in [6.45, 7) is 3.28. The predicted molar refractivity (Wildman–Crippen MR) is 128 cm³/mol. The fraction of sp³-hybridized carbons (Fsp3) is 0.417. The Morgan fingerprint density at radius 3 is 2.74 bits per heavy atom. The molecule has 2 atom stereocenters. The number of halogens is 2. The molecule has 10 heteroatoms. The first kappa shape index (κ1) is 24.3. The molecule has 34 heavy (non-hydrogen) atoms. The van der Waals surface area contributed by atoms with Crippen molar-refractivity contribution in [3.63, 3.8) is 0 Å². The number of amides is 1. The number of β-amino-alcohol motifs (C(OH)–C–C–N with tert-alkyl or cyclic N) is 1. The highest BCUT2D eigenvalue weighted by atomic mass is 35.5. The van der Waals surface area contributed by atoms with Crippen molar-refractivity contribution in [2.24, 2.45) is 5.92 Å². The maximum atomic E-state index is 14.5. The molecule has 1 aliphatic heterocycles. The lowest BCUT2D eigenvalue weighted by atomic mass is 10.0. The first-order valence-corrected chi connectivity index (χ1v) is 11.1. The number of nitrogens with zero attached hydrogens (tertiary/aromatic N) is 1. The average Bonchev–Trinajstić information content (AvgIpc) is 3.45. The van der Waals surface area contributed by atoms with Gasteiger partial charge in [-0.3, -0.25) is 9.78 Å². The van der Waals surface area contributed by atoms with Crippen molar-refractivity contribution in [2.45, 2.75) is 31.9 Å². The van der Waals surface area contributed by atoms with Crippen LogP contribution in [0.2, 0.25) is 0 Å². The molecule has 2 aliphatic rings. The Labute approximate surface area is 202 Å². The van der Waals surface area contributed by atoms with Gasteiger partial charge in [0.1, 0.15) is 11.3 Å². The summed E-state index contributed by atoms with van der Waals surface area (Å²) >= 11 is 0. The number of aliphatic hydroxyl groups is 1. The Morgan fingerprint density at radius 1 is 1.26 bits per heavy atom. The van der Waals surface area contributed by atoms with Crippen LogP contribution in [0.25, 0.3) is 22.2 Å². The number of nitrogens with one attached hydrogen (secondary N) is 3. The quantitative estimate of drug-likeness (QED) is 0.405. The van der Waals surface area contributed by atoms with Crippen molar-refractivity contribution in [3.8, 4) is 22.6 Å². The first-order chi connectivity index (χ1) is 16.0. The Hall–Kier alpha value is -2.88. The van der Waals surface area contributed by atoms with Crippen LogP contribution in [0.15, 0.2) is 24.4 Å². The fourth-order valence-electron chi connectivity index (χ4n) is 4.27. The van der Waals surface area contributed by atoms with Gasteiger partial charge in [-0.2, -0.15) is 0 Å². The van der Waals surface area contributed by atoms with Crippen molar-refractivity contribution in [2.75, 3.05) is 26.8 Å². The number of aliphatic hydroxyl groups excluding tert-OH is 1. The number of carbonyl (C=O) groups is 1. The number of hydrogen-bond donors (Lipinski definition) is 4. The first-order valence-electron chi connectivity index (χ1n) is 11.1. The van der Waals surface area contributed by atoms with Crippen LogP contribution in [0.1, 0.15) is 28.9 Å².